The average Bonchev–Trinajstić information content (AvgIpc) is 1.68. The van der Waals surface area contributed by atoms with Gasteiger partial charge in [0.25, 0.3) is 0 Å². The number of carbonyl (C=O) groups is 10. The lowest BCUT2D eigenvalue weighted by Crippen LogP contribution is -2.44. The fourth-order valence-electron chi connectivity index (χ4n) is 14.9. The van der Waals surface area contributed by atoms with Crippen molar-refractivity contribution in [3.63, 3.8) is 0 Å². The third-order valence-corrected chi connectivity index (χ3v) is 22.2. The van der Waals surface area contributed by atoms with E-state index < -0.39 is 65.7 Å². The predicted octanol–water partition coefficient (Wildman–Crippen LogP) is 15.2. The van der Waals surface area contributed by atoms with Crippen LogP contribution in [0, 0.1) is 41.5 Å². The Morgan fingerprint density at radius 3 is 1.12 bits per heavy atom. The summed E-state index contributed by atoms with van der Waals surface area (Å²) in [6.45, 7) is 25.6. The first-order chi connectivity index (χ1) is 61.3. The van der Waals surface area contributed by atoms with Crippen LogP contribution in [0.25, 0.3) is 66.1 Å². The molecule has 680 valence electrons. The summed E-state index contributed by atoms with van der Waals surface area (Å²) >= 11 is 9.78. The highest BCUT2D eigenvalue weighted by atomic mass is 79.9. The van der Waals surface area contributed by atoms with Crippen LogP contribution in [0.5, 0.6) is 0 Å². The zero-order chi connectivity index (χ0) is 94.7. The summed E-state index contributed by atoms with van der Waals surface area (Å²) in [6, 6.07) is 25.1. The number of aliphatic carboxylic acids is 1. The Morgan fingerprint density at radius 1 is 0.446 bits per heavy atom. The molecule has 2 amide bonds. The number of aromatic nitrogens is 15. The molecule has 0 bridgehead atoms. The average molecular weight is 1970 g/mol. The third kappa shape index (κ3) is 25.8. The first-order valence-electron chi connectivity index (χ1n) is 41.6. The Balaban J connectivity index is 0.000000162. The number of hydrogen-bond donors (Lipinski definition) is 2. The summed E-state index contributed by atoms with van der Waals surface area (Å²) in [5, 5.41) is 26.8. The van der Waals surface area contributed by atoms with E-state index in [4.69, 9.17) is 14.6 Å². The van der Waals surface area contributed by atoms with Gasteiger partial charge in [0.2, 0.25) is 5.91 Å². The Hall–Kier alpha value is -12.4. The number of carboxylic acid groups (broad SMARTS) is 1. The summed E-state index contributed by atoms with van der Waals surface area (Å²) in [7, 11) is 0. The van der Waals surface area contributed by atoms with Gasteiger partial charge in [0.15, 0.2) is 34.7 Å². The SMILES string of the molecule is CC(=O)c1nn(CC(=O)N2C[C@H](F)C[C@H]2C(=O)Cc2cccc(Br)n2)c2cc(C)c(-c3cnc(C)nc3)cc12.CC(=O)c1nn(CC(=O)O)c2cc(C)c(-c3cnc(C)nc3)cc12.CC(=O)c1nn(CC(=O)OC(C)(C)C)c2cc(C)c(-c3cnc(C)nc3)cc12.CC(C)(C)OC(=O)N1C[C@H](F)C[C@H]1C(=O)Cc1cccc(Br)n1.O=C(Cc1cccc(Br)n1)[C@@H]1C[C@@H](F)CN1. The number of ketones is 6. The van der Waals surface area contributed by atoms with Crippen molar-refractivity contribution in [3.8, 4) is 33.4 Å². The van der Waals surface area contributed by atoms with Gasteiger partial charge in [0.1, 0.15) is 97.7 Å². The highest BCUT2D eigenvalue weighted by Crippen LogP contribution is 2.36. The maximum absolute atomic E-state index is 14.5. The fraction of sp³-hybridized carbons (Fsp3) is 0.376. The molecule has 0 unspecified atom stereocenters. The Morgan fingerprint density at radius 2 is 0.785 bits per heavy atom. The number of nitrogens with zero attached hydrogens (tertiary/aromatic N) is 17. The van der Waals surface area contributed by atoms with Crippen molar-refractivity contribution in [3.05, 3.63) is 210 Å². The second kappa shape index (κ2) is 42.5. The molecule has 12 heterocycles. The number of aryl methyl sites for hydroxylation is 6. The number of carboxylic acids is 1. The van der Waals surface area contributed by atoms with E-state index in [1.165, 1.54) is 44.6 Å². The van der Waals surface area contributed by atoms with Gasteiger partial charge in [0.05, 0.1) is 67.0 Å². The maximum Gasteiger partial charge on any atom is 0.411 e. The molecule has 3 fully saturated rings. The molecule has 12 aromatic rings. The highest BCUT2D eigenvalue weighted by Gasteiger charge is 2.43. The number of hydrogen-bond acceptors (Lipinski definition) is 25. The van der Waals surface area contributed by atoms with Gasteiger partial charge in [-0.2, -0.15) is 15.3 Å². The second-order valence-corrected chi connectivity index (χ2v) is 36.2. The van der Waals surface area contributed by atoms with Gasteiger partial charge in [-0.3, -0.25) is 62.1 Å². The van der Waals surface area contributed by atoms with E-state index >= 15 is 0 Å². The van der Waals surface area contributed by atoms with Crippen LogP contribution in [-0.4, -0.2) is 215 Å². The number of fused-ring (bicyclic) bond motifs is 3. The number of nitrogens with one attached hydrogen (secondary N) is 1. The quantitative estimate of drug-likeness (QED) is 0.0383. The molecule has 31 nitrogen and oxygen atoms in total. The lowest BCUT2D eigenvalue weighted by molar-refractivity contribution is -0.155. The van der Waals surface area contributed by atoms with Gasteiger partial charge in [-0.05, 0) is 237 Å². The number of pyridine rings is 3. The molecule has 3 aliphatic heterocycles. The van der Waals surface area contributed by atoms with Crippen molar-refractivity contribution >= 4 is 139 Å². The lowest BCUT2D eigenvalue weighted by atomic mass is 9.99. The maximum atomic E-state index is 14.5. The molecule has 37 heteroatoms. The smallest absolute Gasteiger partial charge is 0.411 e. The minimum Gasteiger partial charge on any atom is -0.480 e. The Bertz CT molecular complexity index is 6300. The van der Waals surface area contributed by atoms with Crippen LogP contribution in [0.4, 0.5) is 18.0 Å². The van der Waals surface area contributed by atoms with Crippen molar-refractivity contribution in [1.82, 2.24) is 89.3 Å². The Kier molecular flexibility index (Phi) is 32.1. The zero-order valence-corrected chi connectivity index (χ0v) is 79.0. The second-order valence-electron chi connectivity index (χ2n) is 33.7. The lowest BCUT2D eigenvalue weighted by Gasteiger charge is -2.27. The molecular formula is C93H98Br3F3N18O13. The van der Waals surface area contributed by atoms with Gasteiger partial charge in [0, 0.05) is 134 Å². The van der Waals surface area contributed by atoms with Gasteiger partial charge >= 0.3 is 18.0 Å². The number of carbonyl (C=O) groups excluding carboxylic acids is 9. The first kappa shape index (κ1) is 98.2. The number of Topliss-reactive ketones (excluding diaryl/α,β-unsaturated/α-hetero) is 6. The van der Waals surface area contributed by atoms with Crippen LogP contribution in [-0.2, 0) is 77.1 Å². The first-order valence-corrected chi connectivity index (χ1v) is 43.9. The van der Waals surface area contributed by atoms with E-state index in [1.54, 1.807) is 113 Å². The van der Waals surface area contributed by atoms with Gasteiger partial charge in [-0.15, -0.1) is 0 Å². The summed E-state index contributed by atoms with van der Waals surface area (Å²) in [5.41, 5.74) is 11.2. The third-order valence-electron chi connectivity index (χ3n) is 20.9. The minimum absolute atomic E-state index is 0.00532. The van der Waals surface area contributed by atoms with Gasteiger partial charge in [-0.1, -0.05) is 18.2 Å². The number of halogens is 6. The van der Waals surface area contributed by atoms with E-state index in [2.05, 4.69) is 113 Å². The molecule has 0 aliphatic carbocycles. The molecule has 0 spiro atoms. The van der Waals surface area contributed by atoms with Crippen LogP contribution in [0.2, 0.25) is 0 Å². The molecule has 15 rings (SSSR count). The van der Waals surface area contributed by atoms with Crippen LogP contribution < -0.4 is 5.32 Å². The number of amides is 2. The Labute approximate surface area is 772 Å². The minimum atomic E-state index is -1.30. The normalized spacial score (nSPS) is 16.5. The van der Waals surface area contributed by atoms with E-state index in [-0.39, 0.29) is 130 Å². The van der Waals surface area contributed by atoms with Gasteiger partial charge < -0.3 is 24.8 Å². The molecule has 3 aromatic carbocycles. The number of benzene rings is 3. The molecule has 3 aliphatic rings. The number of alkyl halides is 3. The van der Waals surface area contributed by atoms with E-state index in [0.717, 1.165) is 50.1 Å². The van der Waals surface area contributed by atoms with Crippen LogP contribution >= 0.6 is 47.8 Å². The highest BCUT2D eigenvalue weighted by molar-refractivity contribution is 9.11. The number of rotatable bonds is 21. The zero-order valence-electron chi connectivity index (χ0n) is 74.3. The number of ether oxygens (including phenoxy) is 2. The van der Waals surface area contributed by atoms with Crippen molar-refractivity contribution in [2.75, 3.05) is 19.6 Å². The number of esters is 1. The monoisotopic (exact) mass is 1970 g/mol. The van der Waals surface area contributed by atoms with Crippen LogP contribution in [0.1, 0.15) is 164 Å². The summed E-state index contributed by atoms with van der Waals surface area (Å²) in [6.07, 6.45) is 6.87. The molecule has 0 saturated carbocycles. The topological polar surface area (TPSA) is 397 Å². The molecule has 3 saturated heterocycles. The summed E-state index contributed by atoms with van der Waals surface area (Å²) in [4.78, 5) is 163. The van der Waals surface area contributed by atoms with E-state index in [0.29, 0.717) is 86.8 Å². The fourth-order valence-corrected chi connectivity index (χ4v) is 16.1. The van der Waals surface area contributed by atoms with Gasteiger partial charge in [-0.25, -0.2) is 62.8 Å². The molecular weight excluding hydrogens is 1870 g/mol. The largest absolute Gasteiger partial charge is 0.480 e. The summed E-state index contributed by atoms with van der Waals surface area (Å²) in [5.74, 6) is -0.962. The van der Waals surface area contributed by atoms with Crippen molar-refractivity contribution in [1.29, 1.82) is 0 Å². The van der Waals surface area contributed by atoms with E-state index in [1.807, 2.05) is 97.9 Å². The van der Waals surface area contributed by atoms with Crippen molar-refractivity contribution in [2.45, 2.75) is 210 Å². The molecule has 6 atom stereocenters. The number of likely N-dealkylation sites (tertiary alicyclic amines) is 2. The molecule has 9 aromatic heterocycles. The molecule has 2 N–H and O–H groups in total. The van der Waals surface area contributed by atoms with Crippen molar-refractivity contribution < 1.29 is 75.7 Å². The summed E-state index contributed by atoms with van der Waals surface area (Å²) < 4.78 is 58.1. The molecule has 0 radical (unpaired) electrons. The van der Waals surface area contributed by atoms with Crippen LogP contribution in [0.15, 0.2) is 142 Å². The van der Waals surface area contributed by atoms with E-state index in [9.17, 15) is 61.1 Å². The molecule has 130 heavy (non-hydrogen) atoms. The van der Waals surface area contributed by atoms with Crippen molar-refractivity contribution in [2.24, 2.45) is 0 Å². The standard InChI is InChI=1S/C28H26BrFN6O3.C21H24N4O3.C17H16N4O3.C16H20BrFN2O3.C11H12BrFN2O/c1-15-7-23-22(10-21(15)18-11-31-17(3)32-12-18)28(16(2)37)34-36(23)14-27(39)35-13-19(30)8-24(35)25(38)9-20-5-4-6-26(29)33-20;1-12-7-18-17(8-16(12)15-9-22-14(3)23-10-15)20(13(2)26)24-25(18)11-19(27)28-21(4,5)6;1-9-4-15-14(5-13(9)12-6-18-11(3)19-7-12)17(10(2)22)20-21(15)8-16(23)24;1-16(2,3)23-15(22)20-9-10(18)7-12(20)13(21)8-11-5-4-6-14(17)19-11;12-11-3-1-2-8(15-11)5-10(16)9-4-7(13)6-14-9/h4-7,10-12,19,24H,8-9,13-14H2,1-3H3;7-10H,11H2,1-6H3;4-7H,8H2,1-3H3,(H,23,24);4-6,10,12H,7-9H2,1-3H3;1-3,7,9,14H,4-6H2/t19-,24+;;;10-,12+;7-,9+/m1..11/s1. The predicted molar refractivity (Wildman–Crippen MR) is 489 cm³/mol. The van der Waals surface area contributed by atoms with Crippen LogP contribution in [0.3, 0.4) is 0 Å².